The molecule has 5 nitrogen and oxygen atoms in total. The fourth-order valence-electron chi connectivity index (χ4n) is 5.63. The topological polar surface area (TPSA) is 61.8 Å². The van der Waals surface area contributed by atoms with E-state index in [4.69, 9.17) is 14.2 Å². The molecule has 0 heterocycles. The lowest BCUT2D eigenvalue weighted by Gasteiger charge is -2.18. The number of esters is 2. The molecule has 0 aliphatic carbocycles. The quantitative estimate of drug-likeness (QED) is 0.0356. The Morgan fingerprint density at radius 3 is 1.41 bits per heavy atom. The van der Waals surface area contributed by atoms with Crippen LogP contribution in [0.5, 0.6) is 0 Å². The normalized spacial score (nSPS) is 13.0. The van der Waals surface area contributed by atoms with Crippen molar-refractivity contribution < 1.29 is 23.8 Å². The second-order valence-corrected chi connectivity index (χ2v) is 14.2. The van der Waals surface area contributed by atoms with Gasteiger partial charge in [-0.3, -0.25) is 9.59 Å². The van der Waals surface area contributed by atoms with Crippen LogP contribution in [0.1, 0.15) is 188 Å². The summed E-state index contributed by atoms with van der Waals surface area (Å²) in [4.78, 5) is 25.0. The fraction of sp³-hybridized carbons (Fsp3) is 0.673. The molecule has 0 spiro atoms. The summed E-state index contributed by atoms with van der Waals surface area (Å²) in [5, 5.41) is 0. The number of ether oxygens (including phenoxy) is 3. The van der Waals surface area contributed by atoms with E-state index in [0.29, 0.717) is 19.4 Å². The number of hydrogen-bond donors (Lipinski definition) is 0. The zero-order chi connectivity index (χ0) is 39.3. The van der Waals surface area contributed by atoms with Crippen LogP contribution in [0, 0.1) is 0 Å². The highest BCUT2D eigenvalue weighted by molar-refractivity contribution is 5.70. The van der Waals surface area contributed by atoms with Crippen molar-refractivity contribution in [1.29, 1.82) is 0 Å². The highest BCUT2D eigenvalue weighted by atomic mass is 16.6. The molecule has 1 unspecified atom stereocenters. The number of carbonyl (C=O) groups is 2. The van der Waals surface area contributed by atoms with E-state index in [1.807, 2.05) is 0 Å². The summed E-state index contributed by atoms with van der Waals surface area (Å²) >= 11 is 0. The average Bonchev–Trinajstić information content (AvgIpc) is 3.17. The van der Waals surface area contributed by atoms with Crippen LogP contribution in [-0.4, -0.2) is 37.9 Å². The molecule has 0 N–H and O–H groups in total. The Labute approximate surface area is 333 Å². The average molecular weight is 751 g/mol. The summed E-state index contributed by atoms with van der Waals surface area (Å²) in [7, 11) is 0. The minimum absolute atomic E-state index is 0.0631. The van der Waals surface area contributed by atoms with Crippen LogP contribution < -0.4 is 0 Å². The summed E-state index contributed by atoms with van der Waals surface area (Å²) in [6.07, 6.45) is 57.5. The molecular weight excluding hydrogens is 669 g/mol. The summed E-state index contributed by atoms with van der Waals surface area (Å²) in [6, 6.07) is 0. The van der Waals surface area contributed by atoms with Gasteiger partial charge in [-0.1, -0.05) is 170 Å². The number of hydrogen-bond acceptors (Lipinski definition) is 5. The lowest BCUT2D eigenvalue weighted by molar-refractivity contribution is -0.163. The molecule has 0 fully saturated rings. The standard InChI is InChI=1S/C49H82O5/c1-4-7-10-13-15-17-19-21-22-23-24-25-26-27-29-31-33-35-38-41-44-52-45-47(54-49(51)43-40-36-12-9-6-3)46-53-48(50)42-39-37-34-32-30-28-20-18-16-14-11-8-5-2/h7,10-11,14-15,17-18,20-22,24-25,27,29,47H,4-6,8-9,12-13,16,19,23,26,28,30-46H2,1-3H3/b10-7-,14-11-,17-15-,20-18-,22-21-,25-24-,29-27-. The van der Waals surface area contributed by atoms with Gasteiger partial charge in [-0.25, -0.2) is 0 Å². The first-order valence-corrected chi connectivity index (χ1v) is 22.1. The number of allylic oxidation sites excluding steroid dienone is 14. The van der Waals surface area contributed by atoms with Crippen LogP contribution in [0.3, 0.4) is 0 Å². The van der Waals surface area contributed by atoms with E-state index in [1.54, 1.807) is 0 Å². The molecule has 0 aliphatic heterocycles. The Morgan fingerprint density at radius 2 is 0.870 bits per heavy atom. The lowest BCUT2D eigenvalue weighted by atomic mass is 10.1. The molecule has 1 atom stereocenters. The van der Waals surface area contributed by atoms with Crippen molar-refractivity contribution in [3.63, 3.8) is 0 Å². The molecule has 54 heavy (non-hydrogen) atoms. The van der Waals surface area contributed by atoms with Gasteiger partial charge in [0.1, 0.15) is 6.61 Å². The van der Waals surface area contributed by atoms with E-state index in [0.717, 1.165) is 109 Å². The van der Waals surface area contributed by atoms with Gasteiger partial charge < -0.3 is 14.2 Å². The third-order valence-corrected chi connectivity index (χ3v) is 8.90. The van der Waals surface area contributed by atoms with Gasteiger partial charge in [0.15, 0.2) is 6.10 Å². The Bertz CT molecular complexity index is 1030. The van der Waals surface area contributed by atoms with Crippen molar-refractivity contribution in [2.75, 3.05) is 19.8 Å². The van der Waals surface area contributed by atoms with Gasteiger partial charge in [0, 0.05) is 19.4 Å². The van der Waals surface area contributed by atoms with E-state index in [1.165, 1.54) is 44.9 Å². The van der Waals surface area contributed by atoms with Crippen molar-refractivity contribution in [2.24, 2.45) is 0 Å². The van der Waals surface area contributed by atoms with Crippen LogP contribution in [0.25, 0.3) is 0 Å². The van der Waals surface area contributed by atoms with Crippen molar-refractivity contribution >= 4 is 11.9 Å². The van der Waals surface area contributed by atoms with Crippen molar-refractivity contribution in [3.8, 4) is 0 Å². The fourth-order valence-corrected chi connectivity index (χ4v) is 5.63. The second-order valence-electron chi connectivity index (χ2n) is 14.2. The predicted molar refractivity (Wildman–Crippen MR) is 233 cm³/mol. The molecule has 0 aromatic rings. The molecule has 0 saturated carbocycles. The molecule has 0 aromatic heterocycles. The molecule has 0 aromatic carbocycles. The van der Waals surface area contributed by atoms with Crippen molar-refractivity contribution in [3.05, 3.63) is 85.1 Å². The van der Waals surface area contributed by atoms with Gasteiger partial charge in [0.05, 0.1) is 6.61 Å². The molecule has 0 radical (unpaired) electrons. The summed E-state index contributed by atoms with van der Waals surface area (Å²) < 4.78 is 17.1. The van der Waals surface area contributed by atoms with E-state index in [-0.39, 0.29) is 25.2 Å². The molecule has 0 bridgehead atoms. The molecule has 308 valence electrons. The number of rotatable bonds is 39. The molecule has 0 aliphatic rings. The SMILES string of the molecule is CC/C=C\C/C=C\C/C=C\C/C=C\C/C=C\CCCCCCOCC(COC(=O)CCCCCCC/C=C\C/C=C\CCC)OC(=O)CCCCCCC. The Kier molecular flexibility index (Phi) is 42.1. The second kappa shape index (κ2) is 44.5. The first kappa shape index (κ1) is 51.1. The predicted octanol–water partition coefficient (Wildman–Crippen LogP) is 14.6. The maximum atomic E-state index is 12.5. The van der Waals surface area contributed by atoms with Gasteiger partial charge in [-0.2, -0.15) is 0 Å². The molecule has 5 heteroatoms. The van der Waals surface area contributed by atoms with E-state index in [2.05, 4.69) is 106 Å². The molecule has 0 saturated heterocycles. The van der Waals surface area contributed by atoms with E-state index in [9.17, 15) is 9.59 Å². The monoisotopic (exact) mass is 751 g/mol. The largest absolute Gasteiger partial charge is 0.462 e. The highest BCUT2D eigenvalue weighted by Gasteiger charge is 2.17. The summed E-state index contributed by atoms with van der Waals surface area (Å²) in [5.41, 5.74) is 0. The maximum absolute atomic E-state index is 12.5. The zero-order valence-electron chi connectivity index (χ0n) is 35.2. The van der Waals surface area contributed by atoms with Crippen molar-refractivity contribution in [1.82, 2.24) is 0 Å². The Morgan fingerprint density at radius 1 is 0.426 bits per heavy atom. The van der Waals surface area contributed by atoms with Gasteiger partial charge in [0.2, 0.25) is 0 Å². The van der Waals surface area contributed by atoms with E-state index < -0.39 is 6.10 Å². The summed E-state index contributed by atoms with van der Waals surface area (Å²) in [5.74, 6) is -0.448. The van der Waals surface area contributed by atoms with Gasteiger partial charge in [-0.05, 0) is 89.9 Å². The molecule has 0 amide bonds. The van der Waals surface area contributed by atoms with Crippen LogP contribution >= 0.6 is 0 Å². The first-order valence-electron chi connectivity index (χ1n) is 22.1. The lowest BCUT2D eigenvalue weighted by Crippen LogP contribution is -2.30. The van der Waals surface area contributed by atoms with Crippen LogP contribution in [0.4, 0.5) is 0 Å². The third-order valence-electron chi connectivity index (χ3n) is 8.90. The van der Waals surface area contributed by atoms with Gasteiger partial charge in [0.25, 0.3) is 0 Å². The molecule has 0 rings (SSSR count). The highest BCUT2D eigenvalue weighted by Crippen LogP contribution is 2.11. The van der Waals surface area contributed by atoms with Crippen LogP contribution in [0.2, 0.25) is 0 Å². The zero-order valence-corrected chi connectivity index (χ0v) is 35.2. The number of unbranched alkanes of at least 4 members (excludes halogenated alkanes) is 14. The first-order chi connectivity index (χ1) is 26.6. The Balaban J connectivity index is 4.15. The van der Waals surface area contributed by atoms with Crippen LogP contribution in [0.15, 0.2) is 85.1 Å². The maximum Gasteiger partial charge on any atom is 0.306 e. The minimum Gasteiger partial charge on any atom is -0.462 e. The van der Waals surface area contributed by atoms with Gasteiger partial charge in [-0.15, -0.1) is 0 Å². The Hall–Kier alpha value is -2.92. The summed E-state index contributed by atoms with van der Waals surface area (Å²) in [6.45, 7) is 7.49. The van der Waals surface area contributed by atoms with Gasteiger partial charge >= 0.3 is 11.9 Å². The minimum atomic E-state index is -0.553. The number of carbonyl (C=O) groups excluding carboxylic acids is 2. The van der Waals surface area contributed by atoms with Crippen molar-refractivity contribution in [2.45, 2.75) is 194 Å². The third kappa shape index (κ3) is 41.8. The van der Waals surface area contributed by atoms with E-state index >= 15 is 0 Å². The van der Waals surface area contributed by atoms with Crippen LogP contribution in [-0.2, 0) is 23.8 Å². The smallest absolute Gasteiger partial charge is 0.306 e. The molecular formula is C49H82O5.